The number of aliphatic hydroxyl groups excluding tert-OH is 1. The number of fused-ring (bicyclic) bond motifs is 1. The maximum atomic E-state index is 12.2. The molecule has 2 aromatic carbocycles. The van der Waals surface area contributed by atoms with Gasteiger partial charge < -0.3 is 14.4 Å². The summed E-state index contributed by atoms with van der Waals surface area (Å²) in [4.78, 5) is 12.2. The maximum Gasteiger partial charge on any atom is 0.274 e. The zero-order valence-corrected chi connectivity index (χ0v) is 18.0. The number of hydrogen-bond acceptors (Lipinski definition) is 4. The van der Waals surface area contributed by atoms with E-state index in [-0.39, 0.29) is 18.3 Å². The van der Waals surface area contributed by atoms with Gasteiger partial charge in [-0.2, -0.15) is 9.61 Å². The molecule has 0 bridgehead atoms. The molecule has 6 nitrogen and oxygen atoms in total. The second-order valence-corrected chi connectivity index (χ2v) is 7.92. The van der Waals surface area contributed by atoms with E-state index in [0.717, 1.165) is 28.1 Å². The fourth-order valence-electron chi connectivity index (χ4n) is 3.92. The van der Waals surface area contributed by atoms with Crippen LogP contribution in [0.2, 0.25) is 0 Å². The van der Waals surface area contributed by atoms with Crippen molar-refractivity contribution in [2.45, 2.75) is 39.5 Å². The second kappa shape index (κ2) is 8.88. The average Bonchev–Trinajstić information content (AvgIpc) is 3.15. The largest absolute Gasteiger partial charge is 0.389 e. The third-order valence-electron chi connectivity index (χ3n) is 5.48. The highest BCUT2D eigenvalue weighted by molar-refractivity contribution is 5.41. The van der Waals surface area contributed by atoms with Crippen LogP contribution in [0.5, 0.6) is 0 Å². The molecule has 0 unspecified atom stereocenters. The maximum absolute atomic E-state index is 12.2. The Hall–Kier alpha value is -3.22. The third kappa shape index (κ3) is 4.45. The van der Waals surface area contributed by atoms with Crippen molar-refractivity contribution in [2.24, 2.45) is 0 Å². The van der Waals surface area contributed by atoms with Gasteiger partial charge in [-0.05, 0) is 37.5 Å². The zero-order valence-electron chi connectivity index (χ0n) is 18.0. The number of aliphatic hydroxyl groups is 1. The van der Waals surface area contributed by atoms with E-state index in [0.29, 0.717) is 12.2 Å². The molecule has 0 radical (unpaired) electrons. The first-order valence-corrected chi connectivity index (χ1v) is 10.4. The Labute approximate surface area is 181 Å². The average molecular weight is 418 g/mol. The van der Waals surface area contributed by atoms with Crippen LogP contribution in [0.25, 0.3) is 5.65 Å². The first-order valence-electron chi connectivity index (χ1n) is 10.4. The van der Waals surface area contributed by atoms with Gasteiger partial charge in [0.1, 0.15) is 11.8 Å². The van der Waals surface area contributed by atoms with Crippen molar-refractivity contribution in [2.75, 3.05) is 6.61 Å². The number of benzene rings is 2. The van der Waals surface area contributed by atoms with Crippen LogP contribution in [-0.2, 0) is 11.3 Å². The smallest absolute Gasteiger partial charge is 0.274 e. The fraction of sp³-hybridized carbons (Fsp3) is 0.280. The number of nitrogens with zero attached hydrogens (tertiary/aromatic N) is 3. The quantitative estimate of drug-likeness (QED) is 0.499. The molecule has 31 heavy (non-hydrogen) atoms. The third-order valence-corrected chi connectivity index (χ3v) is 5.48. The SMILES string of the molecule is Cc1cc2n(C[C@H](O)CO[C@H](c3ccccc3)c3ccccc3C)c(C)cc(=O)n2n1. The molecule has 0 fully saturated rings. The van der Waals surface area contributed by atoms with Gasteiger partial charge in [-0.15, -0.1) is 0 Å². The van der Waals surface area contributed by atoms with E-state index in [9.17, 15) is 9.90 Å². The summed E-state index contributed by atoms with van der Waals surface area (Å²) in [6.07, 6.45) is -1.03. The van der Waals surface area contributed by atoms with E-state index in [2.05, 4.69) is 24.2 Å². The number of aryl methyl sites for hydroxylation is 3. The first-order chi connectivity index (χ1) is 14.9. The molecule has 1 N–H and O–H groups in total. The van der Waals surface area contributed by atoms with Crippen molar-refractivity contribution in [1.82, 2.24) is 14.2 Å². The van der Waals surface area contributed by atoms with Gasteiger partial charge in [0.25, 0.3) is 5.56 Å². The van der Waals surface area contributed by atoms with Crippen LogP contribution in [0.15, 0.2) is 71.5 Å². The Morgan fingerprint density at radius 1 is 1.00 bits per heavy atom. The van der Waals surface area contributed by atoms with E-state index in [1.165, 1.54) is 10.6 Å². The summed E-state index contributed by atoms with van der Waals surface area (Å²) in [6, 6.07) is 21.5. The summed E-state index contributed by atoms with van der Waals surface area (Å²) in [5, 5.41) is 15.1. The van der Waals surface area contributed by atoms with Crippen molar-refractivity contribution in [3.05, 3.63) is 105 Å². The van der Waals surface area contributed by atoms with Crippen LogP contribution < -0.4 is 5.56 Å². The number of ether oxygens (including phenoxy) is 1. The Balaban J connectivity index is 1.57. The van der Waals surface area contributed by atoms with E-state index in [1.54, 1.807) is 0 Å². The predicted molar refractivity (Wildman–Crippen MR) is 120 cm³/mol. The normalized spacial score (nSPS) is 13.4. The zero-order chi connectivity index (χ0) is 22.0. The molecule has 0 amide bonds. The van der Waals surface area contributed by atoms with Crippen molar-refractivity contribution >= 4 is 5.65 Å². The molecule has 0 saturated heterocycles. The number of rotatable bonds is 7. The Morgan fingerprint density at radius 2 is 1.71 bits per heavy atom. The topological polar surface area (TPSA) is 68.8 Å². The standard InChI is InChI=1S/C25H27N3O3/c1-17-9-7-8-12-22(17)25(20-10-5-4-6-11-20)31-16-21(29)15-27-19(3)14-24(30)28-23(27)13-18(2)26-28/h4-14,21,25,29H,15-16H2,1-3H3/t21-,25+/m0/s1. The van der Waals surface area contributed by atoms with Crippen molar-refractivity contribution < 1.29 is 9.84 Å². The van der Waals surface area contributed by atoms with Gasteiger partial charge in [-0.3, -0.25) is 4.79 Å². The lowest BCUT2D eigenvalue weighted by Gasteiger charge is -2.23. The van der Waals surface area contributed by atoms with Gasteiger partial charge in [-0.1, -0.05) is 54.6 Å². The minimum atomic E-state index is -0.754. The summed E-state index contributed by atoms with van der Waals surface area (Å²) in [7, 11) is 0. The van der Waals surface area contributed by atoms with Crippen molar-refractivity contribution in [1.29, 1.82) is 0 Å². The van der Waals surface area contributed by atoms with Crippen molar-refractivity contribution in [3.8, 4) is 0 Å². The molecule has 2 heterocycles. The van der Waals surface area contributed by atoms with Gasteiger partial charge >= 0.3 is 0 Å². The molecule has 6 heteroatoms. The van der Waals surface area contributed by atoms with E-state index in [1.807, 2.05) is 66.9 Å². The molecule has 0 aliphatic carbocycles. The van der Waals surface area contributed by atoms with Crippen molar-refractivity contribution in [3.63, 3.8) is 0 Å². The van der Waals surface area contributed by atoms with E-state index >= 15 is 0 Å². The molecule has 0 saturated carbocycles. The lowest BCUT2D eigenvalue weighted by atomic mass is 9.97. The summed E-state index contributed by atoms with van der Waals surface area (Å²) in [5.41, 5.74) is 5.28. The van der Waals surface area contributed by atoms with Gasteiger partial charge in [0.2, 0.25) is 0 Å². The first kappa shape index (κ1) is 21.0. The molecule has 0 aliphatic rings. The van der Waals surface area contributed by atoms with Gasteiger partial charge in [-0.25, -0.2) is 0 Å². The van der Waals surface area contributed by atoms with Gasteiger partial charge in [0.05, 0.1) is 24.9 Å². The minimum Gasteiger partial charge on any atom is -0.389 e. The molecular formula is C25H27N3O3. The van der Waals surface area contributed by atoms with Crippen LogP contribution >= 0.6 is 0 Å². The highest BCUT2D eigenvalue weighted by Crippen LogP contribution is 2.28. The highest BCUT2D eigenvalue weighted by atomic mass is 16.5. The minimum absolute atomic E-state index is 0.152. The highest BCUT2D eigenvalue weighted by Gasteiger charge is 2.19. The van der Waals surface area contributed by atoms with Crippen LogP contribution in [0, 0.1) is 20.8 Å². The van der Waals surface area contributed by atoms with Crippen LogP contribution in [0.1, 0.15) is 34.2 Å². The molecule has 4 aromatic rings. The number of hydrogen-bond donors (Lipinski definition) is 1. The molecule has 0 spiro atoms. The molecule has 0 aliphatic heterocycles. The molecular weight excluding hydrogens is 390 g/mol. The van der Waals surface area contributed by atoms with E-state index in [4.69, 9.17) is 4.74 Å². The van der Waals surface area contributed by atoms with Crippen LogP contribution in [0.4, 0.5) is 0 Å². The second-order valence-electron chi connectivity index (χ2n) is 7.92. The lowest BCUT2D eigenvalue weighted by Crippen LogP contribution is -2.27. The van der Waals surface area contributed by atoms with E-state index < -0.39 is 6.10 Å². The molecule has 2 aromatic heterocycles. The summed E-state index contributed by atoms with van der Waals surface area (Å²) >= 11 is 0. The number of aromatic nitrogens is 3. The summed E-state index contributed by atoms with van der Waals surface area (Å²) in [6.45, 7) is 6.22. The Morgan fingerprint density at radius 3 is 2.45 bits per heavy atom. The molecule has 4 rings (SSSR count). The fourth-order valence-corrected chi connectivity index (χ4v) is 3.92. The van der Waals surface area contributed by atoms with Crippen LogP contribution in [-0.4, -0.2) is 32.0 Å². The molecule has 160 valence electrons. The monoisotopic (exact) mass is 417 g/mol. The van der Waals surface area contributed by atoms with Gasteiger partial charge in [0, 0.05) is 17.8 Å². The molecule has 2 atom stereocenters. The Bertz CT molecular complexity index is 1240. The van der Waals surface area contributed by atoms with Crippen LogP contribution in [0.3, 0.4) is 0 Å². The van der Waals surface area contributed by atoms with Gasteiger partial charge in [0.15, 0.2) is 0 Å². The summed E-state index contributed by atoms with van der Waals surface area (Å²) < 4.78 is 9.54. The lowest BCUT2D eigenvalue weighted by molar-refractivity contribution is -0.000672. The Kier molecular flexibility index (Phi) is 6.02. The predicted octanol–water partition coefficient (Wildman–Crippen LogP) is 3.59. The summed E-state index contributed by atoms with van der Waals surface area (Å²) in [5.74, 6) is 0.